The van der Waals surface area contributed by atoms with E-state index in [0.29, 0.717) is 25.2 Å². The highest BCUT2D eigenvalue weighted by molar-refractivity contribution is 7.08. The summed E-state index contributed by atoms with van der Waals surface area (Å²) in [5, 5.41) is 12.2. The molecule has 3 heterocycles. The average molecular weight is 377 g/mol. The summed E-state index contributed by atoms with van der Waals surface area (Å²) in [6.07, 6.45) is 0. The molecule has 5 rings (SSSR count). The van der Waals surface area contributed by atoms with Crippen LogP contribution in [0.15, 0.2) is 47.2 Å². The first-order chi connectivity index (χ1) is 13.0. The Bertz CT molecular complexity index is 1080. The number of aryl methyl sites for hydroxylation is 1. The Morgan fingerprint density at radius 3 is 2.70 bits per heavy atom. The van der Waals surface area contributed by atoms with Crippen LogP contribution in [-0.4, -0.2) is 42.0 Å². The van der Waals surface area contributed by atoms with Gasteiger partial charge in [-0.3, -0.25) is 4.79 Å². The third kappa shape index (κ3) is 2.59. The number of carbonyl (C=O) groups excluding carboxylic acids is 2. The molecule has 0 radical (unpaired) electrons. The van der Waals surface area contributed by atoms with Crippen LogP contribution in [0, 0.1) is 6.92 Å². The van der Waals surface area contributed by atoms with Crippen LogP contribution in [-0.2, 0) is 0 Å². The quantitative estimate of drug-likeness (QED) is 0.719. The number of amides is 3. The zero-order chi connectivity index (χ0) is 18.6. The maximum Gasteiger partial charge on any atom is 0.315 e. The normalized spacial score (nSPS) is 17.7. The average Bonchev–Trinajstić information content (AvgIpc) is 3.24. The second kappa shape index (κ2) is 5.82. The van der Waals surface area contributed by atoms with E-state index < -0.39 is 0 Å². The highest BCUT2D eigenvalue weighted by atomic mass is 32.1. The second-order valence-corrected chi connectivity index (χ2v) is 8.20. The minimum Gasteiger partial charge on any atom is -0.336 e. The number of hydrogen-bond donors (Lipinski definition) is 2. The van der Waals surface area contributed by atoms with Crippen LogP contribution in [0.25, 0.3) is 21.9 Å². The Morgan fingerprint density at radius 2 is 2.00 bits per heavy atom. The summed E-state index contributed by atoms with van der Waals surface area (Å²) in [7, 11) is 0. The van der Waals surface area contributed by atoms with Gasteiger partial charge in [0.25, 0.3) is 5.91 Å². The van der Waals surface area contributed by atoms with Crippen molar-refractivity contribution in [1.29, 1.82) is 0 Å². The fourth-order valence-corrected chi connectivity index (χ4v) is 4.92. The summed E-state index contributed by atoms with van der Waals surface area (Å²) in [6.45, 7) is 3.81. The predicted molar refractivity (Wildman–Crippen MR) is 107 cm³/mol. The van der Waals surface area contributed by atoms with Crippen molar-refractivity contribution >= 4 is 34.0 Å². The second-order valence-electron chi connectivity index (χ2n) is 7.46. The van der Waals surface area contributed by atoms with Gasteiger partial charge in [0.15, 0.2) is 0 Å². The van der Waals surface area contributed by atoms with Crippen LogP contribution in [0.5, 0.6) is 0 Å². The zero-order valence-electron chi connectivity index (χ0n) is 14.9. The molecular weight excluding hydrogens is 358 g/mol. The minimum absolute atomic E-state index is 0.0146. The first-order valence-corrected chi connectivity index (χ1v) is 9.90. The van der Waals surface area contributed by atoms with Gasteiger partial charge in [-0.05, 0) is 57.3 Å². The van der Waals surface area contributed by atoms with E-state index >= 15 is 0 Å². The topological polar surface area (TPSA) is 61.4 Å². The van der Waals surface area contributed by atoms with Gasteiger partial charge >= 0.3 is 6.03 Å². The zero-order valence-corrected chi connectivity index (χ0v) is 15.7. The van der Waals surface area contributed by atoms with E-state index in [2.05, 4.69) is 40.5 Å². The summed E-state index contributed by atoms with van der Waals surface area (Å²) in [5.74, 6) is 0.0146. The van der Waals surface area contributed by atoms with Crippen LogP contribution < -0.4 is 10.6 Å². The molecular formula is C21H19N3O2S. The van der Waals surface area contributed by atoms with Crippen LogP contribution in [0.3, 0.4) is 0 Å². The molecule has 6 heteroatoms. The first kappa shape index (κ1) is 16.3. The lowest BCUT2D eigenvalue weighted by molar-refractivity contribution is 0.0397. The van der Waals surface area contributed by atoms with Gasteiger partial charge in [0.05, 0.1) is 5.54 Å². The Hall–Kier alpha value is -2.86. The third-order valence-electron chi connectivity index (χ3n) is 5.51. The van der Waals surface area contributed by atoms with Gasteiger partial charge in [-0.2, -0.15) is 11.3 Å². The Balaban J connectivity index is 1.43. The van der Waals surface area contributed by atoms with Crippen molar-refractivity contribution in [3.05, 3.63) is 58.3 Å². The lowest BCUT2D eigenvalue weighted by Crippen LogP contribution is -2.70. The molecule has 0 saturated carbocycles. The van der Waals surface area contributed by atoms with Gasteiger partial charge in [-0.15, -0.1) is 0 Å². The van der Waals surface area contributed by atoms with Gasteiger partial charge in [0.1, 0.15) is 0 Å². The molecule has 2 aliphatic rings. The number of thiophene rings is 1. The summed E-state index contributed by atoms with van der Waals surface area (Å²) in [4.78, 5) is 26.0. The molecule has 3 amide bonds. The van der Waals surface area contributed by atoms with Gasteiger partial charge in [-0.1, -0.05) is 24.3 Å². The van der Waals surface area contributed by atoms with Gasteiger partial charge in [0, 0.05) is 25.2 Å². The number of urea groups is 1. The molecule has 0 bridgehead atoms. The molecule has 2 aliphatic heterocycles. The SMILES string of the molecule is Cc1cscc1-c1cccc2cc(C(=O)N3CC4(CNC(=O)N4)C3)ccc12. The largest absolute Gasteiger partial charge is 0.336 e. The molecule has 0 unspecified atom stereocenters. The van der Waals surface area contributed by atoms with E-state index in [4.69, 9.17) is 0 Å². The Kier molecular flexibility index (Phi) is 3.52. The number of nitrogens with zero attached hydrogens (tertiary/aromatic N) is 1. The van der Waals surface area contributed by atoms with Crippen molar-refractivity contribution in [2.24, 2.45) is 0 Å². The van der Waals surface area contributed by atoms with Crippen LogP contribution in [0.1, 0.15) is 15.9 Å². The lowest BCUT2D eigenvalue weighted by atomic mass is 9.90. The molecule has 2 N–H and O–H groups in total. The van der Waals surface area contributed by atoms with Gasteiger partial charge < -0.3 is 15.5 Å². The highest BCUT2D eigenvalue weighted by Crippen LogP contribution is 2.34. The molecule has 1 aromatic heterocycles. The fraction of sp³-hybridized carbons (Fsp3) is 0.238. The van der Waals surface area contributed by atoms with Crippen molar-refractivity contribution in [1.82, 2.24) is 15.5 Å². The number of carbonyl (C=O) groups is 2. The number of hydrogen-bond acceptors (Lipinski definition) is 3. The number of nitrogens with one attached hydrogen (secondary N) is 2. The minimum atomic E-state index is -0.284. The molecule has 2 fully saturated rings. The van der Waals surface area contributed by atoms with Crippen LogP contribution in [0.2, 0.25) is 0 Å². The third-order valence-corrected chi connectivity index (χ3v) is 6.37. The van der Waals surface area contributed by atoms with Gasteiger partial charge in [-0.25, -0.2) is 4.79 Å². The molecule has 0 atom stereocenters. The molecule has 5 nitrogen and oxygen atoms in total. The summed E-state index contributed by atoms with van der Waals surface area (Å²) in [6, 6.07) is 12.0. The molecule has 2 aromatic carbocycles. The summed E-state index contributed by atoms with van der Waals surface area (Å²) >= 11 is 1.71. The number of likely N-dealkylation sites (tertiary alicyclic amines) is 1. The monoisotopic (exact) mass is 377 g/mol. The van der Waals surface area contributed by atoms with Crippen molar-refractivity contribution in [3.63, 3.8) is 0 Å². The first-order valence-electron chi connectivity index (χ1n) is 8.96. The molecule has 27 heavy (non-hydrogen) atoms. The number of benzene rings is 2. The predicted octanol–water partition coefficient (Wildman–Crippen LogP) is 3.38. The lowest BCUT2D eigenvalue weighted by Gasteiger charge is -2.46. The Labute approximate surface area is 161 Å². The smallest absolute Gasteiger partial charge is 0.315 e. The van der Waals surface area contributed by atoms with Crippen LogP contribution >= 0.6 is 11.3 Å². The van der Waals surface area contributed by atoms with Crippen molar-refractivity contribution < 1.29 is 9.59 Å². The van der Waals surface area contributed by atoms with Crippen molar-refractivity contribution in [2.75, 3.05) is 19.6 Å². The van der Waals surface area contributed by atoms with E-state index in [9.17, 15) is 9.59 Å². The fourth-order valence-electron chi connectivity index (χ4n) is 4.07. The summed E-state index contributed by atoms with van der Waals surface area (Å²) < 4.78 is 0. The van der Waals surface area contributed by atoms with E-state index in [0.717, 1.165) is 10.8 Å². The van der Waals surface area contributed by atoms with E-state index in [1.165, 1.54) is 16.7 Å². The summed E-state index contributed by atoms with van der Waals surface area (Å²) in [5.41, 5.74) is 4.12. The molecule has 0 aliphatic carbocycles. The number of fused-ring (bicyclic) bond motifs is 1. The molecule has 2 saturated heterocycles. The van der Waals surface area contributed by atoms with Crippen molar-refractivity contribution in [3.8, 4) is 11.1 Å². The molecule has 136 valence electrons. The van der Waals surface area contributed by atoms with Gasteiger partial charge in [0.2, 0.25) is 0 Å². The maximum absolute atomic E-state index is 12.9. The van der Waals surface area contributed by atoms with E-state index in [-0.39, 0.29) is 17.5 Å². The van der Waals surface area contributed by atoms with E-state index in [1.807, 2.05) is 24.3 Å². The molecule has 3 aromatic rings. The van der Waals surface area contributed by atoms with Crippen molar-refractivity contribution in [2.45, 2.75) is 12.5 Å². The van der Waals surface area contributed by atoms with E-state index in [1.54, 1.807) is 16.2 Å². The highest BCUT2D eigenvalue weighted by Gasteiger charge is 2.49. The van der Waals surface area contributed by atoms with Crippen LogP contribution in [0.4, 0.5) is 4.79 Å². The maximum atomic E-state index is 12.9. The standard InChI is InChI=1S/C21H19N3O2S/c1-13-8-27-9-18(13)17-4-2-3-14-7-15(5-6-16(14)17)19(25)24-11-21(12-24)10-22-20(26)23-21/h2-9H,10-12H2,1H3,(H2,22,23,26). The number of rotatable bonds is 2. The molecule has 1 spiro atoms. The Morgan fingerprint density at radius 1 is 1.15 bits per heavy atom.